The molecule has 112 valence electrons. The van der Waals surface area contributed by atoms with Crippen LogP contribution >= 0.6 is 11.8 Å². The molecule has 0 saturated carbocycles. The molecule has 0 aliphatic carbocycles. The molecule has 3 nitrogen and oxygen atoms in total. The van der Waals surface area contributed by atoms with Gasteiger partial charge in [-0.25, -0.2) is 0 Å². The van der Waals surface area contributed by atoms with E-state index in [4.69, 9.17) is 4.74 Å². The Morgan fingerprint density at radius 2 is 2.25 bits per heavy atom. The summed E-state index contributed by atoms with van der Waals surface area (Å²) >= 11 is 1.71. The van der Waals surface area contributed by atoms with Crippen LogP contribution in [0.1, 0.15) is 31.7 Å². The Bertz CT molecular complexity index is 436. The van der Waals surface area contributed by atoms with Gasteiger partial charge in [0.1, 0.15) is 5.75 Å². The molecule has 20 heavy (non-hydrogen) atoms. The second-order valence-electron chi connectivity index (χ2n) is 5.46. The number of likely N-dealkylation sites (tertiary alicyclic amines) is 1. The Morgan fingerprint density at radius 1 is 1.45 bits per heavy atom. The number of methoxy groups -OCH3 is 1. The van der Waals surface area contributed by atoms with Gasteiger partial charge in [0, 0.05) is 17.5 Å². The lowest BCUT2D eigenvalue weighted by Crippen LogP contribution is -2.45. The minimum absolute atomic E-state index is 0.256. The number of aliphatic hydroxyl groups excluding tert-OH is 1. The van der Waals surface area contributed by atoms with Crippen molar-refractivity contribution in [3.8, 4) is 5.75 Å². The van der Waals surface area contributed by atoms with Crippen LogP contribution in [0.25, 0.3) is 0 Å². The lowest BCUT2D eigenvalue weighted by molar-refractivity contribution is 0.0316. The average Bonchev–Trinajstić information content (AvgIpc) is 2.47. The van der Waals surface area contributed by atoms with Crippen molar-refractivity contribution in [2.45, 2.75) is 49.8 Å². The van der Waals surface area contributed by atoms with E-state index < -0.39 is 0 Å². The van der Waals surface area contributed by atoms with E-state index in [0.717, 1.165) is 25.3 Å². The van der Waals surface area contributed by atoms with Crippen molar-refractivity contribution < 1.29 is 9.84 Å². The molecule has 2 rings (SSSR count). The van der Waals surface area contributed by atoms with E-state index in [-0.39, 0.29) is 6.10 Å². The third kappa shape index (κ3) is 3.68. The topological polar surface area (TPSA) is 32.7 Å². The summed E-state index contributed by atoms with van der Waals surface area (Å²) in [6.45, 7) is 3.90. The minimum atomic E-state index is -0.256. The van der Waals surface area contributed by atoms with Crippen LogP contribution in [0.15, 0.2) is 23.1 Å². The highest BCUT2D eigenvalue weighted by Crippen LogP contribution is 2.30. The first kappa shape index (κ1) is 15.7. The second-order valence-corrected chi connectivity index (χ2v) is 6.31. The van der Waals surface area contributed by atoms with Crippen molar-refractivity contribution in [2.75, 3.05) is 19.9 Å². The molecule has 1 aromatic carbocycles. The van der Waals surface area contributed by atoms with Crippen LogP contribution in [0.4, 0.5) is 0 Å². The first-order valence-electron chi connectivity index (χ1n) is 7.28. The van der Waals surface area contributed by atoms with E-state index in [9.17, 15) is 5.11 Å². The van der Waals surface area contributed by atoms with Gasteiger partial charge in [0.25, 0.3) is 0 Å². The fourth-order valence-electron chi connectivity index (χ4n) is 2.97. The molecule has 1 N–H and O–H groups in total. The summed E-state index contributed by atoms with van der Waals surface area (Å²) in [6.07, 6.45) is 5.37. The number of rotatable bonds is 5. The standard InChI is InChI=1S/C16H25NO2S/c1-12(18)14-6-4-5-9-17(14)11-13-7-8-15(19-2)16(10-13)20-3/h7-8,10,12,14,18H,4-6,9,11H2,1-3H3. The highest BCUT2D eigenvalue weighted by molar-refractivity contribution is 7.98. The third-order valence-electron chi connectivity index (χ3n) is 4.05. The van der Waals surface area contributed by atoms with Crippen molar-refractivity contribution in [2.24, 2.45) is 0 Å². The minimum Gasteiger partial charge on any atom is -0.496 e. The fraction of sp³-hybridized carbons (Fsp3) is 0.625. The molecule has 1 fully saturated rings. The molecule has 0 bridgehead atoms. The van der Waals surface area contributed by atoms with E-state index >= 15 is 0 Å². The number of hydrogen-bond acceptors (Lipinski definition) is 4. The molecule has 0 spiro atoms. The van der Waals surface area contributed by atoms with Gasteiger partial charge in [-0.15, -0.1) is 11.8 Å². The molecule has 4 heteroatoms. The zero-order valence-electron chi connectivity index (χ0n) is 12.6. The van der Waals surface area contributed by atoms with Crippen LogP contribution in [-0.2, 0) is 6.54 Å². The Balaban J connectivity index is 2.11. The molecule has 1 heterocycles. The van der Waals surface area contributed by atoms with Crippen molar-refractivity contribution in [1.29, 1.82) is 0 Å². The van der Waals surface area contributed by atoms with Gasteiger partial charge >= 0.3 is 0 Å². The quantitative estimate of drug-likeness (QED) is 0.846. The van der Waals surface area contributed by atoms with Crippen LogP contribution in [0.5, 0.6) is 5.75 Å². The Kier molecular flexibility index (Phi) is 5.75. The number of benzene rings is 1. The van der Waals surface area contributed by atoms with E-state index in [0.29, 0.717) is 6.04 Å². The molecule has 1 aliphatic rings. The van der Waals surface area contributed by atoms with Gasteiger partial charge in [0.2, 0.25) is 0 Å². The maximum atomic E-state index is 9.94. The number of hydrogen-bond donors (Lipinski definition) is 1. The zero-order chi connectivity index (χ0) is 14.5. The second kappa shape index (κ2) is 7.34. The maximum absolute atomic E-state index is 9.94. The molecule has 2 atom stereocenters. The molecule has 0 aromatic heterocycles. The summed E-state index contributed by atoms with van der Waals surface area (Å²) in [4.78, 5) is 3.59. The summed E-state index contributed by atoms with van der Waals surface area (Å²) in [5, 5.41) is 9.94. The van der Waals surface area contributed by atoms with Gasteiger partial charge in [-0.2, -0.15) is 0 Å². The highest BCUT2D eigenvalue weighted by atomic mass is 32.2. The highest BCUT2D eigenvalue weighted by Gasteiger charge is 2.26. The van der Waals surface area contributed by atoms with Gasteiger partial charge in [-0.1, -0.05) is 12.5 Å². The third-order valence-corrected chi connectivity index (χ3v) is 4.81. The molecule has 1 aliphatic heterocycles. The predicted molar refractivity (Wildman–Crippen MR) is 84.5 cm³/mol. The number of thioether (sulfide) groups is 1. The van der Waals surface area contributed by atoms with E-state index in [1.165, 1.54) is 23.3 Å². The average molecular weight is 295 g/mol. The zero-order valence-corrected chi connectivity index (χ0v) is 13.4. The molecule has 1 saturated heterocycles. The number of ether oxygens (including phenoxy) is 1. The normalized spacial score (nSPS) is 21.7. The van der Waals surface area contributed by atoms with Gasteiger partial charge in [0.15, 0.2) is 0 Å². The van der Waals surface area contributed by atoms with Crippen molar-refractivity contribution >= 4 is 11.8 Å². The van der Waals surface area contributed by atoms with Crippen molar-refractivity contribution in [1.82, 2.24) is 4.90 Å². The van der Waals surface area contributed by atoms with Gasteiger partial charge in [-0.3, -0.25) is 4.90 Å². The summed E-state index contributed by atoms with van der Waals surface area (Å²) in [7, 11) is 1.71. The van der Waals surface area contributed by atoms with Crippen molar-refractivity contribution in [3.63, 3.8) is 0 Å². The molecular formula is C16H25NO2S. The monoisotopic (exact) mass is 295 g/mol. The fourth-order valence-corrected chi connectivity index (χ4v) is 3.59. The van der Waals surface area contributed by atoms with E-state index in [1.807, 2.05) is 13.0 Å². The van der Waals surface area contributed by atoms with Crippen LogP contribution in [0, 0.1) is 0 Å². The number of aliphatic hydroxyl groups is 1. The molecule has 0 amide bonds. The van der Waals surface area contributed by atoms with E-state index in [1.54, 1.807) is 18.9 Å². The lowest BCUT2D eigenvalue weighted by Gasteiger charge is -2.37. The van der Waals surface area contributed by atoms with Gasteiger partial charge < -0.3 is 9.84 Å². The van der Waals surface area contributed by atoms with Crippen LogP contribution in [0.2, 0.25) is 0 Å². The summed E-state index contributed by atoms with van der Waals surface area (Å²) < 4.78 is 5.37. The van der Waals surface area contributed by atoms with Crippen molar-refractivity contribution in [3.05, 3.63) is 23.8 Å². The first-order chi connectivity index (χ1) is 9.65. The van der Waals surface area contributed by atoms with Gasteiger partial charge in [-0.05, 0) is 50.3 Å². The molecule has 0 radical (unpaired) electrons. The number of nitrogens with zero attached hydrogens (tertiary/aromatic N) is 1. The lowest BCUT2D eigenvalue weighted by atomic mass is 9.97. The molecular weight excluding hydrogens is 270 g/mol. The van der Waals surface area contributed by atoms with Crippen LogP contribution < -0.4 is 4.74 Å². The summed E-state index contributed by atoms with van der Waals surface area (Å²) in [6, 6.07) is 6.68. The van der Waals surface area contributed by atoms with Crippen LogP contribution in [0.3, 0.4) is 0 Å². The van der Waals surface area contributed by atoms with Gasteiger partial charge in [0.05, 0.1) is 13.2 Å². The largest absolute Gasteiger partial charge is 0.496 e. The maximum Gasteiger partial charge on any atom is 0.132 e. The Hall–Kier alpha value is -0.710. The summed E-state index contributed by atoms with van der Waals surface area (Å²) in [5.41, 5.74) is 1.29. The van der Waals surface area contributed by atoms with Crippen LogP contribution in [-0.4, -0.2) is 42.1 Å². The van der Waals surface area contributed by atoms with E-state index in [2.05, 4.69) is 23.3 Å². The Labute approximate surface area is 126 Å². The molecule has 1 aromatic rings. The Morgan fingerprint density at radius 3 is 2.90 bits per heavy atom. The molecule has 2 unspecified atom stereocenters. The number of piperidine rings is 1. The summed E-state index contributed by atoms with van der Waals surface area (Å²) in [5.74, 6) is 0.937. The predicted octanol–water partition coefficient (Wildman–Crippen LogP) is 3.15. The first-order valence-corrected chi connectivity index (χ1v) is 8.51. The SMILES string of the molecule is COc1ccc(CN2CCCCC2C(C)O)cc1SC. The smallest absolute Gasteiger partial charge is 0.132 e.